The molecule has 7 rings (SSSR count). The van der Waals surface area contributed by atoms with Gasteiger partial charge in [-0.05, 0) is 80.5 Å². The summed E-state index contributed by atoms with van der Waals surface area (Å²) in [6, 6.07) is 24.7. The molecule has 3 aromatic carbocycles. The third-order valence-corrected chi connectivity index (χ3v) is 9.27. The van der Waals surface area contributed by atoms with E-state index in [0.29, 0.717) is 28.0 Å². The van der Waals surface area contributed by atoms with Crippen molar-refractivity contribution >= 4 is 43.4 Å². The Morgan fingerprint density at radius 2 is 1.59 bits per heavy atom. The molecule has 0 unspecified atom stereocenters. The summed E-state index contributed by atoms with van der Waals surface area (Å²) in [6.07, 6.45) is 1.92. The third-order valence-electron chi connectivity index (χ3n) is 8.10. The maximum absolute atomic E-state index is 8.81. The van der Waals surface area contributed by atoms with Gasteiger partial charge in [-0.25, -0.2) is 0 Å². The molecule has 0 saturated carbocycles. The maximum atomic E-state index is 8.81. The molecule has 1 radical (unpaired) electrons. The summed E-state index contributed by atoms with van der Waals surface area (Å²) in [5.41, 5.74) is 10.4. The SMILES string of the molecule is Cc1c[c-]c(-c2cc(C)c(C)cn2)cc1.[2H]Cc1cnc(-c2[c-]ccc3c2oc2c3ccc3sc(C)c(C)c32)cc1C([2H])([2H])C(C)(C)C.[Ir]. The quantitative estimate of drug-likeness (QED) is 0.167. The first kappa shape index (κ1) is 29.8. The molecule has 0 saturated heterocycles. The second kappa shape index (κ2) is 13.2. The Kier molecular flexibility index (Phi) is 8.56. The molecule has 0 amide bonds. The molecule has 4 aromatic heterocycles. The first-order valence-corrected chi connectivity index (χ1v) is 16.0. The largest absolute Gasteiger partial charge is 0.500 e. The van der Waals surface area contributed by atoms with Crippen LogP contribution < -0.4 is 0 Å². The number of aromatic nitrogens is 2. The molecule has 0 fully saturated rings. The van der Waals surface area contributed by atoms with E-state index in [9.17, 15) is 0 Å². The van der Waals surface area contributed by atoms with Crippen LogP contribution in [0.4, 0.5) is 0 Å². The summed E-state index contributed by atoms with van der Waals surface area (Å²) in [4.78, 5) is 10.3. The monoisotopic (exact) mass is 804 g/mol. The van der Waals surface area contributed by atoms with Crippen molar-refractivity contribution in [1.29, 1.82) is 0 Å². The normalized spacial score (nSPS) is 12.7. The summed E-state index contributed by atoms with van der Waals surface area (Å²) in [5, 5.41) is 3.21. The van der Waals surface area contributed by atoms with Gasteiger partial charge in [-0.15, -0.1) is 64.9 Å². The number of benzene rings is 3. The van der Waals surface area contributed by atoms with Crippen molar-refractivity contribution in [3.05, 3.63) is 117 Å². The van der Waals surface area contributed by atoms with Gasteiger partial charge in [0, 0.05) is 57.0 Å². The van der Waals surface area contributed by atoms with Crippen LogP contribution in [0.5, 0.6) is 0 Å². The maximum Gasteiger partial charge on any atom is 0.129 e. The van der Waals surface area contributed by atoms with Gasteiger partial charge in [0.05, 0.1) is 5.58 Å². The molecule has 0 aliphatic rings. The Balaban J connectivity index is 0.000000246. The zero-order valence-corrected chi connectivity index (χ0v) is 30.8. The number of nitrogens with zero attached hydrogens (tertiary/aromatic N) is 2. The van der Waals surface area contributed by atoms with E-state index in [4.69, 9.17) is 8.53 Å². The Morgan fingerprint density at radius 1 is 0.848 bits per heavy atom. The molecule has 5 heteroatoms. The van der Waals surface area contributed by atoms with Crippen molar-refractivity contribution in [2.24, 2.45) is 5.41 Å². The number of furan rings is 1. The number of hydrogen-bond donors (Lipinski definition) is 0. The van der Waals surface area contributed by atoms with Crippen molar-refractivity contribution in [3.63, 3.8) is 0 Å². The molecule has 0 bridgehead atoms. The van der Waals surface area contributed by atoms with Gasteiger partial charge in [0.1, 0.15) is 5.58 Å². The Labute approximate surface area is 294 Å². The number of thiophene rings is 1. The smallest absolute Gasteiger partial charge is 0.129 e. The van der Waals surface area contributed by atoms with E-state index in [1.54, 1.807) is 23.6 Å². The fourth-order valence-corrected chi connectivity index (χ4v) is 6.48. The molecule has 0 aliphatic heterocycles. The van der Waals surface area contributed by atoms with Crippen LogP contribution in [0.1, 0.15) is 63.1 Å². The Bertz CT molecular complexity index is 2300. The summed E-state index contributed by atoms with van der Waals surface area (Å²) in [5.74, 6) is 0. The standard InChI is InChI=1S/C27H26NOS.C14H14N.Ir/c1-15-14-28-22(12-18(15)13-27(4,5)6)21-9-7-8-19-20-10-11-23-24(16(2)17(3)30-23)26(20)29-25(19)21;1-10-4-6-13(7-5-10)14-8-11(2)12(3)9-15-14;/h7-8,10-12,14H,13H2,1-6H3;4-6,8-9H,1-3H3;/q2*-1;/i1D,13D2;;. The summed E-state index contributed by atoms with van der Waals surface area (Å²) in [6.45, 7) is 16.1. The van der Waals surface area contributed by atoms with E-state index in [1.165, 1.54) is 31.8 Å². The number of rotatable bonds is 3. The number of aryl methyl sites for hydroxylation is 6. The van der Waals surface area contributed by atoms with Gasteiger partial charge in [0.25, 0.3) is 0 Å². The Morgan fingerprint density at radius 3 is 2.28 bits per heavy atom. The minimum atomic E-state index is -1.62. The zero-order valence-electron chi connectivity index (χ0n) is 30.6. The molecule has 0 aliphatic carbocycles. The van der Waals surface area contributed by atoms with Gasteiger partial charge in [-0.1, -0.05) is 68.0 Å². The first-order valence-electron chi connectivity index (χ1n) is 16.9. The van der Waals surface area contributed by atoms with E-state index in [2.05, 4.69) is 87.1 Å². The molecule has 4 heterocycles. The van der Waals surface area contributed by atoms with E-state index < -0.39 is 11.8 Å². The Hall–Kier alpha value is -3.63. The van der Waals surface area contributed by atoms with Gasteiger partial charge >= 0.3 is 0 Å². The van der Waals surface area contributed by atoms with Gasteiger partial charge in [-0.3, -0.25) is 0 Å². The molecule has 0 spiro atoms. The molecule has 7 aromatic rings. The van der Waals surface area contributed by atoms with Crippen LogP contribution >= 0.6 is 11.3 Å². The van der Waals surface area contributed by atoms with Gasteiger partial charge in [-0.2, -0.15) is 0 Å². The minimum Gasteiger partial charge on any atom is -0.500 e. The van der Waals surface area contributed by atoms with Crippen LogP contribution in [0.15, 0.2) is 71.4 Å². The minimum absolute atomic E-state index is 0. The average Bonchev–Trinajstić information content (AvgIpc) is 3.58. The van der Waals surface area contributed by atoms with Crippen molar-refractivity contribution < 1.29 is 28.6 Å². The van der Waals surface area contributed by atoms with Crippen molar-refractivity contribution in [2.75, 3.05) is 0 Å². The van der Waals surface area contributed by atoms with Crippen LogP contribution in [0, 0.1) is 59.1 Å². The molecule has 46 heavy (non-hydrogen) atoms. The van der Waals surface area contributed by atoms with Crippen molar-refractivity contribution in [3.8, 4) is 22.5 Å². The van der Waals surface area contributed by atoms with Gasteiger partial charge < -0.3 is 14.4 Å². The van der Waals surface area contributed by atoms with E-state index in [-0.39, 0.29) is 27.0 Å². The van der Waals surface area contributed by atoms with Gasteiger partial charge in [0.15, 0.2) is 0 Å². The predicted molar refractivity (Wildman–Crippen MR) is 191 cm³/mol. The van der Waals surface area contributed by atoms with E-state index in [0.717, 1.165) is 33.0 Å². The summed E-state index contributed by atoms with van der Waals surface area (Å²) >= 11 is 1.78. The van der Waals surface area contributed by atoms with Crippen molar-refractivity contribution in [2.45, 2.75) is 68.7 Å². The zero-order chi connectivity index (χ0) is 34.5. The topological polar surface area (TPSA) is 38.9 Å². The molecule has 0 atom stereocenters. The van der Waals surface area contributed by atoms with E-state index >= 15 is 0 Å². The average molecular weight is 804 g/mol. The molecular formula is C41H40IrN2OS-2. The molecule has 0 N–H and O–H groups in total. The van der Waals surface area contributed by atoms with Crippen LogP contribution in [0.2, 0.25) is 0 Å². The van der Waals surface area contributed by atoms with Crippen LogP contribution in [-0.2, 0) is 26.5 Å². The summed E-state index contributed by atoms with van der Waals surface area (Å²) < 4.78 is 33.2. The summed E-state index contributed by atoms with van der Waals surface area (Å²) in [7, 11) is 0. The molecule has 3 nitrogen and oxygen atoms in total. The predicted octanol–water partition coefficient (Wildman–Crippen LogP) is 11.6. The van der Waals surface area contributed by atoms with Crippen LogP contribution in [0.3, 0.4) is 0 Å². The van der Waals surface area contributed by atoms with Crippen LogP contribution in [0.25, 0.3) is 54.5 Å². The molecule has 237 valence electrons. The second-order valence-electron chi connectivity index (χ2n) is 12.8. The fraction of sp³-hybridized carbons (Fsp3) is 0.268. The number of pyridine rings is 2. The third kappa shape index (κ3) is 6.74. The van der Waals surface area contributed by atoms with Crippen LogP contribution in [-0.4, -0.2) is 9.97 Å². The van der Waals surface area contributed by atoms with E-state index in [1.807, 2.05) is 45.2 Å². The second-order valence-corrected chi connectivity index (χ2v) is 14.1. The first-order chi connectivity index (χ1) is 22.7. The fourth-order valence-electron chi connectivity index (χ4n) is 5.41. The van der Waals surface area contributed by atoms with Gasteiger partial charge in [0.2, 0.25) is 0 Å². The van der Waals surface area contributed by atoms with Crippen molar-refractivity contribution in [1.82, 2.24) is 9.97 Å². The molecular weight excluding hydrogens is 761 g/mol. The number of fused-ring (bicyclic) bond motifs is 5. The number of hydrogen-bond acceptors (Lipinski definition) is 4.